The quantitative estimate of drug-likeness (QED) is 0.562. The Labute approximate surface area is 87.0 Å². The summed E-state index contributed by atoms with van der Waals surface area (Å²) >= 11 is 3.40. The molecule has 0 aliphatic carbocycles. The zero-order valence-electron chi connectivity index (χ0n) is 7.03. The minimum absolute atomic E-state index is 0.0276. The van der Waals surface area contributed by atoms with Crippen LogP contribution in [0.2, 0.25) is 0 Å². The van der Waals surface area contributed by atoms with E-state index in [0.717, 1.165) is 0 Å². The molecular weight excluding hydrogens is 247 g/mol. The molecule has 0 N–H and O–H groups in total. The van der Waals surface area contributed by atoms with Gasteiger partial charge in [0.1, 0.15) is 0 Å². The Bertz CT molecular complexity index is 203. The van der Waals surface area contributed by atoms with Gasteiger partial charge in [0.25, 0.3) is 0 Å². The third kappa shape index (κ3) is 4.41. The number of thiocarbonyl (C=S) groups is 1. The van der Waals surface area contributed by atoms with Crippen molar-refractivity contribution in [1.29, 1.82) is 0 Å². The Morgan fingerprint density at radius 1 is 1.29 bits per heavy atom. The molecule has 0 aromatic rings. The van der Waals surface area contributed by atoms with Crippen molar-refractivity contribution in [3.8, 4) is 0 Å². The minimum Gasteiger partial charge on any atom is -0.478 e. The Hall–Kier alpha value is -0.110. The molecule has 14 heavy (non-hydrogen) atoms. The van der Waals surface area contributed by atoms with Crippen molar-refractivity contribution in [2.75, 3.05) is 6.61 Å². The van der Waals surface area contributed by atoms with E-state index < -0.39 is 27.6 Å². The molecule has 0 saturated carbocycles. The molecule has 0 spiro atoms. The van der Waals surface area contributed by atoms with Gasteiger partial charge in [-0.1, -0.05) is 6.92 Å². The van der Waals surface area contributed by atoms with Crippen LogP contribution in [0.4, 0.5) is 22.0 Å². The number of halogens is 5. The maximum absolute atomic E-state index is 12.3. The van der Waals surface area contributed by atoms with Gasteiger partial charge in [0, 0.05) is 11.8 Å². The smallest absolute Gasteiger partial charge is 0.464 e. The van der Waals surface area contributed by atoms with Gasteiger partial charge in [-0.05, 0) is 18.6 Å². The molecule has 0 aliphatic heterocycles. The Kier molecular flexibility index (Phi) is 5.07. The molecule has 0 aromatic carbocycles. The van der Waals surface area contributed by atoms with E-state index in [0.29, 0.717) is 6.42 Å². The molecule has 0 fully saturated rings. The summed E-state index contributed by atoms with van der Waals surface area (Å²) in [6.45, 7) is 1.70. The summed E-state index contributed by atoms with van der Waals surface area (Å²) in [5.74, 6) is 0. The van der Waals surface area contributed by atoms with Crippen LogP contribution >= 0.6 is 24.0 Å². The van der Waals surface area contributed by atoms with Crippen molar-refractivity contribution < 1.29 is 26.7 Å². The van der Waals surface area contributed by atoms with Gasteiger partial charge in [-0.15, -0.1) is 0 Å². The molecule has 0 saturated heterocycles. The van der Waals surface area contributed by atoms with Gasteiger partial charge < -0.3 is 4.74 Å². The first kappa shape index (κ1) is 13.9. The molecule has 0 heterocycles. The van der Waals surface area contributed by atoms with Crippen LogP contribution in [-0.4, -0.2) is 22.4 Å². The number of rotatable bonds is 3. The standard InChI is InChI=1S/C6H7F5OS2/c1-2-3-12-4(13)14-6(10,11)5(7,8)9/h2-3H2,1H3. The van der Waals surface area contributed by atoms with Crippen molar-refractivity contribution in [3.05, 3.63) is 0 Å². The number of hydrogen-bond acceptors (Lipinski definition) is 3. The highest BCUT2D eigenvalue weighted by Gasteiger charge is 2.59. The van der Waals surface area contributed by atoms with Gasteiger partial charge in [0.2, 0.25) is 4.38 Å². The lowest BCUT2D eigenvalue weighted by atomic mass is 10.5. The maximum atomic E-state index is 12.3. The van der Waals surface area contributed by atoms with E-state index in [1.165, 1.54) is 0 Å². The molecule has 0 aliphatic rings. The average molecular weight is 254 g/mol. The second-order valence-electron chi connectivity index (χ2n) is 2.22. The summed E-state index contributed by atoms with van der Waals surface area (Å²) in [5.41, 5.74) is 0. The van der Waals surface area contributed by atoms with E-state index in [1.807, 2.05) is 0 Å². The molecule has 0 rings (SSSR count). The fourth-order valence-corrected chi connectivity index (χ4v) is 1.24. The average Bonchev–Trinajstić information content (AvgIpc) is 1.97. The van der Waals surface area contributed by atoms with Gasteiger partial charge >= 0.3 is 11.4 Å². The summed E-state index contributed by atoms with van der Waals surface area (Å²) in [4.78, 5) is 0. The van der Waals surface area contributed by atoms with Gasteiger partial charge in [-0.25, -0.2) is 0 Å². The SMILES string of the molecule is CCCOC(=S)SC(F)(F)C(F)(F)F. The second kappa shape index (κ2) is 5.11. The molecular formula is C6H7F5OS2. The molecule has 0 bridgehead atoms. The van der Waals surface area contributed by atoms with Crippen molar-refractivity contribution in [2.45, 2.75) is 24.8 Å². The van der Waals surface area contributed by atoms with Crippen molar-refractivity contribution in [1.82, 2.24) is 0 Å². The highest BCUT2D eigenvalue weighted by atomic mass is 32.2. The fourth-order valence-electron chi connectivity index (χ4n) is 0.377. The Balaban J connectivity index is 4.16. The van der Waals surface area contributed by atoms with Crippen LogP contribution < -0.4 is 0 Å². The molecule has 8 heteroatoms. The van der Waals surface area contributed by atoms with Gasteiger partial charge in [0.05, 0.1) is 6.61 Å². The van der Waals surface area contributed by atoms with E-state index >= 15 is 0 Å². The molecule has 84 valence electrons. The highest BCUT2D eigenvalue weighted by Crippen LogP contribution is 2.44. The number of thioether (sulfide) groups is 1. The normalized spacial score (nSPS) is 12.7. The van der Waals surface area contributed by atoms with Gasteiger partial charge in [0.15, 0.2) is 0 Å². The third-order valence-electron chi connectivity index (χ3n) is 0.966. The number of alkyl halides is 5. The Morgan fingerprint density at radius 2 is 1.79 bits per heavy atom. The topological polar surface area (TPSA) is 9.23 Å². The van der Waals surface area contributed by atoms with E-state index in [9.17, 15) is 22.0 Å². The summed E-state index contributed by atoms with van der Waals surface area (Å²) < 4.78 is 63.1. The third-order valence-corrected chi connectivity index (χ3v) is 2.11. The largest absolute Gasteiger partial charge is 0.478 e. The monoisotopic (exact) mass is 254 g/mol. The van der Waals surface area contributed by atoms with Crippen LogP contribution in [0.3, 0.4) is 0 Å². The second-order valence-corrected chi connectivity index (χ2v) is 3.93. The molecule has 0 unspecified atom stereocenters. The van der Waals surface area contributed by atoms with Crippen molar-refractivity contribution in [2.24, 2.45) is 0 Å². The van der Waals surface area contributed by atoms with Gasteiger partial charge in [-0.2, -0.15) is 22.0 Å². The predicted octanol–water partition coefficient (Wildman–Crippen LogP) is 3.59. The van der Waals surface area contributed by atoms with E-state index in [2.05, 4.69) is 17.0 Å². The summed E-state index contributed by atoms with van der Waals surface area (Å²) in [6.07, 6.45) is -5.13. The molecule has 0 atom stereocenters. The molecule has 1 nitrogen and oxygen atoms in total. The fraction of sp³-hybridized carbons (Fsp3) is 0.833. The number of ether oxygens (including phenoxy) is 1. The number of hydrogen-bond donors (Lipinski definition) is 0. The summed E-state index contributed by atoms with van der Waals surface area (Å²) in [6, 6.07) is 0. The van der Waals surface area contributed by atoms with Crippen LogP contribution in [0.15, 0.2) is 0 Å². The van der Waals surface area contributed by atoms with Crippen LogP contribution in [0, 0.1) is 0 Å². The van der Waals surface area contributed by atoms with Gasteiger partial charge in [-0.3, -0.25) is 0 Å². The molecule has 0 amide bonds. The van der Waals surface area contributed by atoms with Crippen molar-refractivity contribution in [3.63, 3.8) is 0 Å². The summed E-state index contributed by atoms with van der Waals surface area (Å²) in [7, 11) is 0. The Morgan fingerprint density at radius 3 is 2.14 bits per heavy atom. The zero-order chi connectivity index (χ0) is 11.4. The maximum Gasteiger partial charge on any atom is 0.464 e. The van der Waals surface area contributed by atoms with E-state index in [-0.39, 0.29) is 6.61 Å². The van der Waals surface area contributed by atoms with E-state index in [1.54, 1.807) is 6.92 Å². The molecule has 0 radical (unpaired) electrons. The van der Waals surface area contributed by atoms with Crippen LogP contribution in [0.5, 0.6) is 0 Å². The molecule has 0 aromatic heterocycles. The summed E-state index contributed by atoms with van der Waals surface area (Å²) in [5, 5.41) is -4.89. The predicted molar refractivity (Wildman–Crippen MR) is 47.4 cm³/mol. The first-order chi connectivity index (χ1) is 6.20. The van der Waals surface area contributed by atoms with Crippen LogP contribution in [-0.2, 0) is 4.74 Å². The van der Waals surface area contributed by atoms with Crippen molar-refractivity contribution >= 4 is 28.4 Å². The van der Waals surface area contributed by atoms with Crippen LogP contribution in [0.1, 0.15) is 13.3 Å². The minimum atomic E-state index is -5.61. The van der Waals surface area contributed by atoms with E-state index in [4.69, 9.17) is 0 Å². The first-order valence-electron chi connectivity index (χ1n) is 3.51. The lowest BCUT2D eigenvalue weighted by molar-refractivity contribution is -0.237. The van der Waals surface area contributed by atoms with Crippen LogP contribution in [0.25, 0.3) is 0 Å². The first-order valence-corrected chi connectivity index (χ1v) is 4.73. The highest BCUT2D eigenvalue weighted by molar-refractivity contribution is 8.23. The zero-order valence-corrected chi connectivity index (χ0v) is 8.66. The lowest BCUT2D eigenvalue weighted by Gasteiger charge is -2.18. The lowest BCUT2D eigenvalue weighted by Crippen LogP contribution is -2.34.